The van der Waals surface area contributed by atoms with Crippen LogP contribution in [0, 0.1) is 0 Å². The molecule has 0 aliphatic carbocycles. The molecular weight excluding hydrogens is 144 g/mol. The Morgan fingerprint density at radius 2 is 1.91 bits per heavy atom. The van der Waals surface area contributed by atoms with Crippen molar-refractivity contribution in [3.05, 3.63) is 11.6 Å². The number of ether oxygens (including phenoxy) is 2. The van der Waals surface area contributed by atoms with E-state index >= 15 is 0 Å². The molecule has 1 fully saturated rings. The van der Waals surface area contributed by atoms with Crippen molar-refractivity contribution in [3.8, 4) is 0 Å². The lowest BCUT2D eigenvalue weighted by atomic mass is 10.2. The molecule has 0 bridgehead atoms. The van der Waals surface area contributed by atoms with E-state index in [1.54, 1.807) is 0 Å². The highest BCUT2D eigenvalue weighted by Crippen LogP contribution is 2.06. The molecule has 1 saturated heterocycles. The Kier molecular flexibility index (Phi) is 2.79. The number of rotatable bonds is 2. The molecule has 0 N–H and O–H groups in total. The summed E-state index contributed by atoms with van der Waals surface area (Å²) in [7, 11) is 0. The smallest absolute Gasteiger partial charge is 0.222 e. The Morgan fingerprint density at radius 3 is 2.36 bits per heavy atom. The van der Waals surface area contributed by atoms with Crippen LogP contribution in [0.2, 0.25) is 0 Å². The van der Waals surface area contributed by atoms with Gasteiger partial charge in [0.25, 0.3) is 0 Å². The van der Waals surface area contributed by atoms with Crippen LogP contribution in [0.1, 0.15) is 13.8 Å². The maximum atomic E-state index is 11.1. The lowest BCUT2D eigenvalue weighted by Crippen LogP contribution is -2.19. The SMILES string of the molecule is CC(C)=CC(=O)C1OCCO1. The summed E-state index contributed by atoms with van der Waals surface area (Å²) in [6.45, 7) is 4.78. The molecule has 3 nitrogen and oxygen atoms in total. The predicted octanol–water partition coefficient (Wildman–Crippen LogP) is 0.895. The summed E-state index contributed by atoms with van der Waals surface area (Å²) < 4.78 is 10.00. The molecule has 0 atom stereocenters. The first kappa shape index (κ1) is 8.43. The van der Waals surface area contributed by atoms with Gasteiger partial charge >= 0.3 is 0 Å². The second-order valence-electron chi connectivity index (χ2n) is 2.70. The second kappa shape index (κ2) is 3.64. The molecule has 3 heteroatoms. The van der Waals surface area contributed by atoms with E-state index in [9.17, 15) is 4.79 Å². The molecule has 0 spiro atoms. The maximum Gasteiger partial charge on any atom is 0.222 e. The molecule has 62 valence electrons. The maximum absolute atomic E-state index is 11.1. The van der Waals surface area contributed by atoms with Gasteiger partial charge < -0.3 is 9.47 Å². The van der Waals surface area contributed by atoms with Gasteiger partial charge in [-0.15, -0.1) is 0 Å². The predicted molar refractivity (Wildman–Crippen MR) is 40.1 cm³/mol. The van der Waals surface area contributed by atoms with Crippen LogP contribution in [0.5, 0.6) is 0 Å². The minimum atomic E-state index is -0.648. The monoisotopic (exact) mass is 156 g/mol. The average molecular weight is 156 g/mol. The molecule has 0 saturated carbocycles. The summed E-state index contributed by atoms with van der Waals surface area (Å²) >= 11 is 0. The zero-order chi connectivity index (χ0) is 8.27. The molecular formula is C8H12O3. The number of hydrogen-bond donors (Lipinski definition) is 0. The van der Waals surface area contributed by atoms with Crippen molar-refractivity contribution in [2.24, 2.45) is 0 Å². The number of carbonyl (C=O) groups is 1. The molecule has 0 aromatic rings. The zero-order valence-electron chi connectivity index (χ0n) is 6.79. The minimum Gasteiger partial charge on any atom is -0.343 e. The van der Waals surface area contributed by atoms with Crippen molar-refractivity contribution >= 4 is 5.78 Å². The number of hydrogen-bond acceptors (Lipinski definition) is 3. The Labute approximate surface area is 66.0 Å². The molecule has 0 radical (unpaired) electrons. The van der Waals surface area contributed by atoms with Crippen LogP contribution in [0.3, 0.4) is 0 Å². The fourth-order valence-electron chi connectivity index (χ4n) is 0.875. The number of allylic oxidation sites excluding steroid dienone is 1. The van der Waals surface area contributed by atoms with Gasteiger partial charge in [-0.05, 0) is 19.9 Å². The Hall–Kier alpha value is -0.670. The van der Waals surface area contributed by atoms with Crippen LogP contribution in [0.4, 0.5) is 0 Å². The van der Waals surface area contributed by atoms with Crippen molar-refractivity contribution < 1.29 is 14.3 Å². The first-order chi connectivity index (χ1) is 5.20. The van der Waals surface area contributed by atoms with Crippen LogP contribution in [-0.4, -0.2) is 25.3 Å². The van der Waals surface area contributed by atoms with Gasteiger partial charge in [0.15, 0.2) is 0 Å². The normalized spacial score (nSPS) is 18.4. The van der Waals surface area contributed by atoms with E-state index in [0.717, 1.165) is 5.57 Å². The summed E-state index contributed by atoms with van der Waals surface area (Å²) in [5.74, 6) is -0.0949. The lowest BCUT2D eigenvalue weighted by Gasteiger charge is -2.03. The Balaban J connectivity index is 2.47. The summed E-state index contributed by atoms with van der Waals surface area (Å²) in [6.07, 6.45) is 0.889. The van der Waals surface area contributed by atoms with Gasteiger partial charge in [-0.2, -0.15) is 0 Å². The standard InChI is InChI=1S/C8H12O3/c1-6(2)5-7(9)8-10-3-4-11-8/h5,8H,3-4H2,1-2H3. The number of carbonyl (C=O) groups excluding carboxylic acids is 1. The fraction of sp³-hybridized carbons (Fsp3) is 0.625. The second-order valence-corrected chi connectivity index (χ2v) is 2.70. The third-order valence-electron chi connectivity index (χ3n) is 1.29. The molecule has 0 aromatic carbocycles. The van der Waals surface area contributed by atoms with Crippen LogP contribution in [0.15, 0.2) is 11.6 Å². The van der Waals surface area contributed by atoms with E-state index in [1.807, 2.05) is 13.8 Å². The van der Waals surface area contributed by atoms with Gasteiger partial charge in [0.2, 0.25) is 12.1 Å². The highest BCUT2D eigenvalue weighted by atomic mass is 16.7. The van der Waals surface area contributed by atoms with E-state index in [-0.39, 0.29) is 5.78 Å². The van der Waals surface area contributed by atoms with E-state index in [4.69, 9.17) is 9.47 Å². The average Bonchev–Trinajstić information content (AvgIpc) is 2.35. The van der Waals surface area contributed by atoms with Crippen molar-refractivity contribution in [3.63, 3.8) is 0 Å². The summed E-state index contributed by atoms with van der Waals surface area (Å²) in [6, 6.07) is 0. The molecule has 1 rings (SSSR count). The van der Waals surface area contributed by atoms with E-state index in [2.05, 4.69) is 0 Å². The summed E-state index contributed by atoms with van der Waals surface area (Å²) in [4.78, 5) is 11.1. The van der Waals surface area contributed by atoms with Gasteiger partial charge in [-0.1, -0.05) is 5.57 Å². The van der Waals surface area contributed by atoms with Gasteiger partial charge in [-0.25, -0.2) is 0 Å². The van der Waals surface area contributed by atoms with Crippen molar-refractivity contribution in [2.75, 3.05) is 13.2 Å². The molecule has 1 aliphatic heterocycles. The zero-order valence-corrected chi connectivity index (χ0v) is 6.79. The van der Waals surface area contributed by atoms with Crippen LogP contribution in [-0.2, 0) is 14.3 Å². The van der Waals surface area contributed by atoms with Crippen LogP contribution in [0.25, 0.3) is 0 Å². The van der Waals surface area contributed by atoms with Gasteiger partial charge in [0, 0.05) is 0 Å². The highest BCUT2D eigenvalue weighted by Gasteiger charge is 2.21. The van der Waals surface area contributed by atoms with Gasteiger partial charge in [0.1, 0.15) is 0 Å². The third kappa shape index (κ3) is 2.44. The summed E-state index contributed by atoms with van der Waals surface area (Å²) in [5, 5.41) is 0. The Bertz CT molecular complexity index is 174. The minimum absolute atomic E-state index is 0.0949. The largest absolute Gasteiger partial charge is 0.343 e. The Morgan fingerprint density at radius 1 is 1.36 bits per heavy atom. The molecule has 11 heavy (non-hydrogen) atoms. The topological polar surface area (TPSA) is 35.5 Å². The molecule has 0 aromatic heterocycles. The van der Waals surface area contributed by atoms with Crippen molar-refractivity contribution in [2.45, 2.75) is 20.1 Å². The molecule has 1 aliphatic rings. The van der Waals surface area contributed by atoms with E-state index < -0.39 is 6.29 Å². The van der Waals surface area contributed by atoms with Crippen LogP contribution >= 0.6 is 0 Å². The van der Waals surface area contributed by atoms with E-state index in [1.165, 1.54) is 6.08 Å². The highest BCUT2D eigenvalue weighted by molar-refractivity contribution is 5.93. The van der Waals surface area contributed by atoms with Crippen molar-refractivity contribution in [1.82, 2.24) is 0 Å². The summed E-state index contributed by atoms with van der Waals surface area (Å²) in [5.41, 5.74) is 0.967. The lowest BCUT2D eigenvalue weighted by molar-refractivity contribution is -0.138. The van der Waals surface area contributed by atoms with E-state index in [0.29, 0.717) is 13.2 Å². The van der Waals surface area contributed by atoms with Gasteiger partial charge in [-0.3, -0.25) is 4.79 Å². The number of ketones is 1. The fourth-order valence-corrected chi connectivity index (χ4v) is 0.875. The quantitative estimate of drug-likeness (QED) is 0.557. The molecule has 0 amide bonds. The molecule has 0 unspecified atom stereocenters. The first-order valence-corrected chi connectivity index (χ1v) is 3.62. The third-order valence-corrected chi connectivity index (χ3v) is 1.29. The first-order valence-electron chi connectivity index (χ1n) is 3.62. The van der Waals surface area contributed by atoms with Crippen molar-refractivity contribution in [1.29, 1.82) is 0 Å². The van der Waals surface area contributed by atoms with Gasteiger partial charge in [0.05, 0.1) is 13.2 Å². The molecule has 1 heterocycles. The van der Waals surface area contributed by atoms with Crippen LogP contribution < -0.4 is 0 Å².